The molecule has 0 fully saturated rings. The standard InChI is InChI=1S/C14H21FO2/c1-5-14(16,10(2)3)9-11-6-7-13(17-4)12(15)8-11/h6-8,10,16H,5,9H2,1-4H3. The molecule has 0 amide bonds. The summed E-state index contributed by atoms with van der Waals surface area (Å²) >= 11 is 0. The lowest BCUT2D eigenvalue weighted by Gasteiger charge is -2.31. The van der Waals surface area contributed by atoms with Gasteiger partial charge in [0.25, 0.3) is 0 Å². The van der Waals surface area contributed by atoms with E-state index in [1.165, 1.54) is 13.2 Å². The van der Waals surface area contributed by atoms with Crippen molar-refractivity contribution >= 4 is 0 Å². The third-order valence-electron chi connectivity index (χ3n) is 3.41. The normalized spacial score (nSPS) is 14.8. The van der Waals surface area contributed by atoms with Gasteiger partial charge in [0.2, 0.25) is 0 Å². The maximum Gasteiger partial charge on any atom is 0.165 e. The molecule has 1 unspecified atom stereocenters. The average Bonchev–Trinajstić information content (AvgIpc) is 2.29. The summed E-state index contributed by atoms with van der Waals surface area (Å²) in [7, 11) is 1.44. The molecule has 0 spiro atoms. The van der Waals surface area contributed by atoms with Crippen molar-refractivity contribution in [3.8, 4) is 5.75 Å². The minimum absolute atomic E-state index is 0.137. The Morgan fingerprint density at radius 2 is 2.06 bits per heavy atom. The SMILES string of the molecule is CCC(O)(Cc1ccc(OC)c(F)c1)C(C)C. The Bertz CT molecular complexity index is 376. The highest BCUT2D eigenvalue weighted by Gasteiger charge is 2.29. The van der Waals surface area contributed by atoms with E-state index in [9.17, 15) is 9.50 Å². The largest absolute Gasteiger partial charge is 0.494 e. The Balaban J connectivity index is 2.91. The van der Waals surface area contributed by atoms with Gasteiger partial charge in [-0.25, -0.2) is 4.39 Å². The fraction of sp³-hybridized carbons (Fsp3) is 0.571. The van der Waals surface area contributed by atoms with Gasteiger partial charge in [-0.3, -0.25) is 0 Å². The highest BCUT2D eigenvalue weighted by atomic mass is 19.1. The van der Waals surface area contributed by atoms with Gasteiger partial charge in [0.05, 0.1) is 12.7 Å². The lowest BCUT2D eigenvalue weighted by molar-refractivity contribution is -0.00834. The summed E-state index contributed by atoms with van der Waals surface area (Å²) in [6.45, 7) is 5.90. The van der Waals surface area contributed by atoms with E-state index in [1.807, 2.05) is 20.8 Å². The summed E-state index contributed by atoms with van der Waals surface area (Å²) < 4.78 is 18.4. The summed E-state index contributed by atoms with van der Waals surface area (Å²) in [6.07, 6.45) is 1.11. The predicted octanol–water partition coefficient (Wildman–Crippen LogP) is 3.17. The zero-order chi connectivity index (χ0) is 13.1. The second-order valence-corrected chi connectivity index (χ2v) is 4.76. The number of benzene rings is 1. The summed E-state index contributed by atoms with van der Waals surface area (Å²) in [5, 5.41) is 10.4. The molecule has 0 saturated carbocycles. The first-order valence-corrected chi connectivity index (χ1v) is 5.97. The number of rotatable bonds is 5. The molecule has 1 N–H and O–H groups in total. The number of methoxy groups -OCH3 is 1. The third kappa shape index (κ3) is 3.19. The molecule has 0 aromatic heterocycles. The van der Waals surface area contributed by atoms with Crippen LogP contribution in [0.5, 0.6) is 5.75 Å². The lowest BCUT2D eigenvalue weighted by atomic mass is 9.82. The second-order valence-electron chi connectivity index (χ2n) is 4.76. The molecule has 0 radical (unpaired) electrons. The Morgan fingerprint density at radius 3 is 2.47 bits per heavy atom. The molecule has 1 rings (SSSR count). The van der Waals surface area contributed by atoms with Crippen molar-refractivity contribution in [3.63, 3.8) is 0 Å². The van der Waals surface area contributed by atoms with Crippen molar-refractivity contribution in [2.75, 3.05) is 7.11 Å². The fourth-order valence-electron chi connectivity index (χ4n) is 1.91. The van der Waals surface area contributed by atoms with Gasteiger partial charge in [-0.05, 0) is 30.0 Å². The number of ether oxygens (including phenoxy) is 1. The summed E-state index contributed by atoms with van der Waals surface area (Å²) in [6, 6.07) is 4.83. The van der Waals surface area contributed by atoms with Crippen molar-refractivity contribution in [2.45, 2.75) is 39.2 Å². The van der Waals surface area contributed by atoms with Gasteiger partial charge in [-0.2, -0.15) is 0 Å². The van der Waals surface area contributed by atoms with E-state index in [1.54, 1.807) is 12.1 Å². The zero-order valence-corrected chi connectivity index (χ0v) is 11.0. The van der Waals surface area contributed by atoms with Gasteiger partial charge < -0.3 is 9.84 Å². The van der Waals surface area contributed by atoms with Crippen molar-refractivity contribution in [1.82, 2.24) is 0 Å². The van der Waals surface area contributed by atoms with Gasteiger partial charge in [0.1, 0.15) is 0 Å². The topological polar surface area (TPSA) is 29.5 Å². The molecular formula is C14H21FO2. The van der Waals surface area contributed by atoms with Gasteiger partial charge in [-0.1, -0.05) is 26.8 Å². The van der Waals surface area contributed by atoms with Crippen LogP contribution < -0.4 is 4.74 Å². The number of hydrogen-bond donors (Lipinski definition) is 1. The van der Waals surface area contributed by atoms with Gasteiger partial charge >= 0.3 is 0 Å². The fourth-order valence-corrected chi connectivity index (χ4v) is 1.91. The van der Waals surface area contributed by atoms with Crippen LogP contribution in [0.4, 0.5) is 4.39 Å². The Morgan fingerprint density at radius 1 is 1.41 bits per heavy atom. The van der Waals surface area contributed by atoms with Crippen molar-refractivity contribution in [1.29, 1.82) is 0 Å². The number of halogens is 1. The van der Waals surface area contributed by atoms with E-state index < -0.39 is 5.60 Å². The van der Waals surface area contributed by atoms with E-state index in [2.05, 4.69) is 0 Å². The third-order valence-corrected chi connectivity index (χ3v) is 3.41. The summed E-state index contributed by atoms with van der Waals surface area (Å²) in [5.41, 5.74) is 0.0162. The minimum Gasteiger partial charge on any atom is -0.494 e. The van der Waals surface area contributed by atoms with Crippen LogP contribution in [0.3, 0.4) is 0 Å². The molecule has 0 bridgehead atoms. The molecule has 0 aliphatic heterocycles. The second kappa shape index (κ2) is 5.50. The molecule has 1 atom stereocenters. The molecule has 17 heavy (non-hydrogen) atoms. The van der Waals surface area contributed by atoms with E-state index in [0.29, 0.717) is 12.8 Å². The molecule has 2 nitrogen and oxygen atoms in total. The molecule has 0 aliphatic carbocycles. The molecule has 96 valence electrons. The molecular weight excluding hydrogens is 219 g/mol. The monoisotopic (exact) mass is 240 g/mol. The Kier molecular flexibility index (Phi) is 4.52. The first-order valence-electron chi connectivity index (χ1n) is 5.97. The molecule has 1 aromatic rings. The molecule has 1 aromatic carbocycles. The van der Waals surface area contributed by atoms with Crippen molar-refractivity contribution in [3.05, 3.63) is 29.6 Å². The average molecular weight is 240 g/mol. The van der Waals surface area contributed by atoms with Crippen molar-refractivity contribution < 1.29 is 14.2 Å². The summed E-state index contributed by atoms with van der Waals surface area (Å²) in [5.74, 6) is -0.0109. The molecule has 0 saturated heterocycles. The molecule has 0 heterocycles. The van der Waals surface area contributed by atoms with E-state index in [-0.39, 0.29) is 17.5 Å². The van der Waals surface area contributed by atoms with Crippen LogP contribution in [-0.4, -0.2) is 17.8 Å². The van der Waals surface area contributed by atoms with Crippen LogP contribution in [0.15, 0.2) is 18.2 Å². The summed E-state index contributed by atoms with van der Waals surface area (Å²) in [4.78, 5) is 0. The van der Waals surface area contributed by atoms with Crippen LogP contribution in [0, 0.1) is 11.7 Å². The Labute approximate surface area is 102 Å². The maximum atomic E-state index is 13.5. The predicted molar refractivity (Wildman–Crippen MR) is 66.7 cm³/mol. The van der Waals surface area contributed by atoms with E-state index in [0.717, 1.165) is 5.56 Å². The van der Waals surface area contributed by atoms with Crippen LogP contribution >= 0.6 is 0 Å². The van der Waals surface area contributed by atoms with Crippen LogP contribution in [-0.2, 0) is 6.42 Å². The maximum absolute atomic E-state index is 13.5. The highest BCUT2D eigenvalue weighted by molar-refractivity contribution is 5.30. The number of aliphatic hydroxyl groups is 1. The zero-order valence-electron chi connectivity index (χ0n) is 11.0. The van der Waals surface area contributed by atoms with E-state index in [4.69, 9.17) is 4.74 Å². The minimum atomic E-state index is -0.777. The first kappa shape index (κ1) is 14.0. The van der Waals surface area contributed by atoms with Crippen LogP contribution in [0.2, 0.25) is 0 Å². The lowest BCUT2D eigenvalue weighted by Crippen LogP contribution is -2.36. The number of hydrogen-bond acceptors (Lipinski definition) is 2. The quantitative estimate of drug-likeness (QED) is 0.856. The van der Waals surface area contributed by atoms with Gasteiger partial charge in [0, 0.05) is 6.42 Å². The van der Waals surface area contributed by atoms with Gasteiger partial charge in [-0.15, -0.1) is 0 Å². The van der Waals surface area contributed by atoms with E-state index >= 15 is 0 Å². The van der Waals surface area contributed by atoms with Gasteiger partial charge in [0.15, 0.2) is 11.6 Å². The van der Waals surface area contributed by atoms with Crippen LogP contribution in [0.1, 0.15) is 32.8 Å². The van der Waals surface area contributed by atoms with Crippen LogP contribution in [0.25, 0.3) is 0 Å². The highest BCUT2D eigenvalue weighted by Crippen LogP contribution is 2.27. The van der Waals surface area contributed by atoms with Crippen molar-refractivity contribution in [2.24, 2.45) is 5.92 Å². The smallest absolute Gasteiger partial charge is 0.165 e. The molecule has 0 aliphatic rings. The Hall–Kier alpha value is -1.09. The molecule has 3 heteroatoms. The first-order chi connectivity index (χ1) is 7.92.